The third-order valence-electron chi connectivity index (χ3n) is 2.11. The molecule has 0 saturated carbocycles. The number of nitrogens with zero attached hydrogens (tertiary/aromatic N) is 2. The molecule has 0 aliphatic carbocycles. The Bertz CT molecular complexity index is 602. The Labute approximate surface area is 97.9 Å². The molecule has 0 bridgehead atoms. The van der Waals surface area contributed by atoms with Gasteiger partial charge in [-0.05, 0) is 37.3 Å². The summed E-state index contributed by atoms with van der Waals surface area (Å²) in [7, 11) is 1.56. The summed E-state index contributed by atoms with van der Waals surface area (Å²) in [5.74, 6) is 0. The van der Waals surface area contributed by atoms with Gasteiger partial charge >= 0.3 is 0 Å². The first-order valence-electron chi connectivity index (χ1n) is 4.54. The molecule has 6 heteroatoms. The van der Waals surface area contributed by atoms with Crippen LogP contribution in [0.1, 0.15) is 5.69 Å². The summed E-state index contributed by atoms with van der Waals surface area (Å²) in [6.45, 7) is 1.88. The molecule has 1 heterocycles. The quantitative estimate of drug-likeness (QED) is 0.774. The van der Waals surface area contributed by atoms with Gasteiger partial charge in [-0.3, -0.25) is 0 Å². The van der Waals surface area contributed by atoms with Gasteiger partial charge in [0.1, 0.15) is 0 Å². The van der Waals surface area contributed by atoms with Gasteiger partial charge in [-0.1, -0.05) is 0 Å². The van der Waals surface area contributed by atoms with Crippen LogP contribution in [0.15, 0.2) is 41.4 Å². The molecule has 0 unspecified atom stereocenters. The first-order chi connectivity index (χ1) is 7.47. The molecule has 4 nitrogen and oxygen atoms in total. The minimum Gasteiger partial charge on any atom is -0.241 e. The monoisotopic (exact) mass is 256 g/mol. The van der Waals surface area contributed by atoms with E-state index < -0.39 is 9.05 Å². The highest BCUT2D eigenvalue weighted by molar-refractivity contribution is 8.13. The number of halogens is 1. The summed E-state index contributed by atoms with van der Waals surface area (Å²) in [5.41, 5.74) is 1.69. The lowest BCUT2D eigenvalue weighted by Gasteiger charge is -2.01. The summed E-state index contributed by atoms with van der Waals surface area (Å²) in [4.78, 5) is 0.0850. The number of hydrogen-bond donors (Lipinski definition) is 0. The largest absolute Gasteiger partial charge is 0.261 e. The highest BCUT2D eigenvalue weighted by Crippen LogP contribution is 2.17. The van der Waals surface area contributed by atoms with Crippen molar-refractivity contribution in [3.63, 3.8) is 0 Å². The van der Waals surface area contributed by atoms with E-state index in [0.29, 0.717) is 0 Å². The van der Waals surface area contributed by atoms with E-state index in [4.69, 9.17) is 10.7 Å². The van der Waals surface area contributed by atoms with Crippen molar-refractivity contribution in [2.24, 2.45) is 0 Å². The van der Waals surface area contributed by atoms with Gasteiger partial charge in [0.15, 0.2) is 0 Å². The molecule has 0 N–H and O–H groups in total. The molecular formula is C10H9ClN2O2S. The number of hydrogen-bond acceptors (Lipinski definition) is 3. The van der Waals surface area contributed by atoms with Crippen LogP contribution in [0.25, 0.3) is 5.69 Å². The smallest absolute Gasteiger partial charge is 0.241 e. The predicted octanol–water partition coefficient (Wildman–Crippen LogP) is 2.11. The first-order valence-corrected chi connectivity index (χ1v) is 6.85. The van der Waals surface area contributed by atoms with E-state index in [1.807, 2.05) is 13.0 Å². The van der Waals surface area contributed by atoms with Gasteiger partial charge in [0.05, 0.1) is 16.3 Å². The Kier molecular flexibility index (Phi) is 2.73. The first kappa shape index (κ1) is 11.2. The van der Waals surface area contributed by atoms with Crippen LogP contribution in [-0.4, -0.2) is 18.2 Å². The normalized spacial score (nSPS) is 11.6. The van der Waals surface area contributed by atoms with Crippen LogP contribution in [-0.2, 0) is 9.05 Å². The van der Waals surface area contributed by atoms with Crippen molar-refractivity contribution in [2.45, 2.75) is 11.8 Å². The molecule has 0 fully saturated rings. The third-order valence-corrected chi connectivity index (χ3v) is 3.47. The van der Waals surface area contributed by atoms with Crippen molar-refractivity contribution in [2.75, 3.05) is 0 Å². The number of rotatable bonds is 2. The maximum atomic E-state index is 11.0. The zero-order valence-electron chi connectivity index (χ0n) is 8.46. The van der Waals surface area contributed by atoms with Gasteiger partial charge < -0.3 is 0 Å². The second-order valence-corrected chi connectivity index (χ2v) is 5.90. The fraction of sp³-hybridized carbons (Fsp3) is 0.100. The molecule has 0 aliphatic heterocycles. The molecule has 1 aromatic heterocycles. The Hall–Kier alpha value is -1.33. The SMILES string of the molecule is Cc1ccn(-c2ccc(S(=O)(=O)Cl)cc2)n1. The van der Waals surface area contributed by atoms with E-state index in [-0.39, 0.29) is 4.90 Å². The fourth-order valence-corrected chi connectivity index (χ4v) is 2.09. The minimum atomic E-state index is -3.65. The fourth-order valence-electron chi connectivity index (χ4n) is 1.32. The van der Waals surface area contributed by atoms with Gasteiger partial charge in [-0.25, -0.2) is 13.1 Å². The molecule has 0 saturated heterocycles. The molecule has 0 aliphatic rings. The molecule has 0 amide bonds. The molecule has 2 aromatic rings. The van der Waals surface area contributed by atoms with Crippen molar-refractivity contribution < 1.29 is 8.42 Å². The van der Waals surface area contributed by atoms with E-state index in [0.717, 1.165) is 11.4 Å². The third kappa shape index (κ3) is 2.25. The van der Waals surface area contributed by atoms with Gasteiger partial charge in [0.25, 0.3) is 9.05 Å². The summed E-state index contributed by atoms with van der Waals surface area (Å²) in [6, 6.07) is 8.08. The summed E-state index contributed by atoms with van der Waals surface area (Å²) in [6.07, 6.45) is 1.81. The van der Waals surface area contributed by atoms with Gasteiger partial charge in [-0.2, -0.15) is 5.10 Å². The summed E-state index contributed by atoms with van der Waals surface area (Å²) in [5, 5.41) is 4.21. The minimum absolute atomic E-state index is 0.0850. The summed E-state index contributed by atoms with van der Waals surface area (Å²) >= 11 is 0. The average Bonchev–Trinajstić information content (AvgIpc) is 2.64. The molecule has 0 radical (unpaired) electrons. The Morgan fingerprint density at radius 2 is 1.81 bits per heavy atom. The van der Waals surface area contributed by atoms with E-state index in [9.17, 15) is 8.42 Å². The zero-order valence-corrected chi connectivity index (χ0v) is 10.0. The van der Waals surface area contributed by atoms with E-state index >= 15 is 0 Å². The average molecular weight is 257 g/mol. The van der Waals surface area contributed by atoms with Crippen molar-refractivity contribution in [1.82, 2.24) is 9.78 Å². The topological polar surface area (TPSA) is 52.0 Å². The second kappa shape index (κ2) is 3.92. The molecule has 84 valence electrons. The lowest BCUT2D eigenvalue weighted by atomic mass is 10.3. The van der Waals surface area contributed by atoms with Crippen LogP contribution in [0.5, 0.6) is 0 Å². The van der Waals surface area contributed by atoms with E-state index in [1.54, 1.807) is 23.0 Å². The lowest BCUT2D eigenvalue weighted by molar-refractivity contribution is 0.609. The maximum absolute atomic E-state index is 11.0. The van der Waals surface area contributed by atoms with E-state index in [1.165, 1.54) is 12.1 Å². The molecular weight excluding hydrogens is 248 g/mol. The molecule has 1 aromatic carbocycles. The highest BCUT2D eigenvalue weighted by Gasteiger charge is 2.09. The van der Waals surface area contributed by atoms with Crippen molar-refractivity contribution in [3.8, 4) is 5.69 Å². The van der Waals surface area contributed by atoms with Gasteiger partial charge in [0.2, 0.25) is 0 Å². The second-order valence-electron chi connectivity index (χ2n) is 3.33. The van der Waals surface area contributed by atoms with E-state index in [2.05, 4.69) is 5.10 Å². The molecule has 16 heavy (non-hydrogen) atoms. The van der Waals surface area contributed by atoms with Crippen LogP contribution in [0.4, 0.5) is 0 Å². The zero-order chi connectivity index (χ0) is 11.8. The van der Waals surface area contributed by atoms with Crippen LogP contribution in [0.2, 0.25) is 0 Å². The van der Waals surface area contributed by atoms with Crippen LogP contribution in [0, 0.1) is 6.92 Å². The molecule has 0 atom stereocenters. The number of benzene rings is 1. The standard InChI is InChI=1S/C10H9ClN2O2S/c1-8-6-7-13(12-8)9-2-4-10(5-3-9)16(11,14)15/h2-7H,1H3. The molecule has 0 spiro atoms. The highest BCUT2D eigenvalue weighted by atomic mass is 35.7. The lowest BCUT2D eigenvalue weighted by Crippen LogP contribution is -1.96. The summed E-state index contributed by atoms with van der Waals surface area (Å²) < 4.78 is 23.7. The van der Waals surface area contributed by atoms with Crippen molar-refractivity contribution in [3.05, 3.63) is 42.2 Å². The van der Waals surface area contributed by atoms with Crippen LogP contribution >= 0.6 is 10.7 Å². The molecule has 2 rings (SSSR count). The van der Waals surface area contributed by atoms with Crippen molar-refractivity contribution in [1.29, 1.82) is 0 Å². The van der Waals surface area contributed by atoms with Crippen LogP contribution < -0.4 is 0 Å². The maximum Gasteiger partial charge on any atom is 0.261 e. The van der Waals surface area contributed by atoms with Gasteiger partial charge in [0, 0.05) is 16.9 Å². The van der Waals surface area contributed by atoms with Crippen LogP contribution in [0.3, 0.4) is 0 Å². The Morgan fingerprint density at radius 3 is 2.25 bits per heavy atom. The van der Waals surface area contributed by atoms with Gasteiger partial charge in [-0.15, -0.1) is 0 Å². The number of aromatic nitrogens is 2. The Morgan fingerprint density at radius 1 is 1.19 bits per heavy atom. The van der Waals surface area contributed by atoms with Crippen molar-refractivity contribution >= 4 is 19.7 Å². The number of aryl methyl sites for hydroxylation is 1. The predicted molar refractivity (Wildman–Crippen MR) is 61.3 cm³/mol. The Balaban J connectivity index is 2.40.